The molecule has 3 N–H and O–H groups in total. The van der Waals surface area contributed by atoms with Gasteiger partial charge in [-0.2, -0.15) is 0 Å². The Morgan fingerprint density at radius 2 is 1.48 bits per heavy atom. The zero-order valence-electron chi connectivity index (χ0n) is 17.8. The van der Waals surface area contributed by atoms with Crippen molar-refractivity contribution in [3.8, 4) is 23.0 Å². The van der Waals surface area contributed by atoms with Crippen LogP contribution in [0, 0.1) is 0 Å². The number of phenols is 2. The second-order valence-corrected chi connectivity index (χ2v) is 7.17. The minimum Gasteiger partial charge on any atom is -0.504 e. The molecule has 2 atom stereocenters. The summed E-state index contributed by atoms with van der Waals surface area (Å²) in [6, 6.07) is 9.48. The van der Waals surface area contributed by atoms with Crippen molar-refractivity contribution >= 4 is 11.8 Å². The van der Waals surface area contributed by atoms with Crippen LogP contribution in [0.5, 0.6) is 23.0 Å². The normalized spacial score (nSPS) is 12.6. The van der Waals surface area contributed by atoms with E-state index in [1.807, 2.05) is 0 Å². The number of hydrogen-bond donors (Lipinski definition) is 3. The molecule has 0 aromatic heterocycles. The number of esters is 1. The third-order valence-electron chi connectivity index (χ3n) is 4.80. The summed E-state index contributed by atoms with van der Waals surface area (Å²) in [4.78, 5) is 24.0. The first-order valence-corrected chi connectivity index (χ1v) is 9.82. The van der Waals surface area contributed by atoms with Crippen LogP contribution in [0.1, 0.15) is 30.9 Å². The molecule has 0 aliphatic carbocycles. The lowest BCUT2D eigenvalue weighted by Crippen LogP contribution is -2.34. The zero-order chi connectivity index (χ0) is 23.0. The maximum absolute atomic E-state index is 12.5. The van der Waals surface area contributed by atoms with Gasteiger partial charge in [0.05, 0.1) is 20.3 Å². The van der Waals surface area contributed by atoms with Crippen LogP contribution < -0.4 is 9.47 Å². The Morgan fingerprint density at radius 1 is 0.935 bits per heavy atom. The summed E-state index contributed by atoms with van der Waals surface area (Å²) in [7, 11) is 2.86. The molecule has 0 saturated carbocycles. The van der Waals surface area contributed by atoms with Crippen molar-refractivity contribution in [2.75, 3.05) is 14.2 Å². The van der Waals surface area contributed by atoms with Gasteiger partial charge < -0.3 is 29.5 Å². The van der Waals surface area contributed by atoms with Gasteiger partial charge in [-0.15, -0.1) is 0 Å². The molecule has 0 bridgehead atoms. The van der Waals surface area contributed by atoms with Gasteiger partial charge in [-0.3, -0.25) is 9.59 Å². The van der Waals surface area contributed by atoms with Crippen molar-refractivity contribution in [3.05, 3.63) is 47.5 Å². The van der Waals surface area contributed by atoms with Crippen LogP contribution in [0.15, 0.2) is 36.4 Å². The van der Waals surface area contributed by atoms with Crippen molar-refractivity contribution in [2.45, 2.75) is 44.8 Å². The number of ketones is 1. The maximum atomic E-state index is 12.5. The minimum absolute atomic E-state index is 0.0153. The molecular formula is C23H28O8. The molecule has 0 spiro atoms. The van der Waals surface area contributed by atoms with Crippen LogP contribution in [0.2, 0.25) is 0 Å². The van der Waals surface area contributed by atoms with Gasteiger partial charge in [0.25, 0.3) is 0 Å². The molecule has 31 heavy (non-hydrogen) atoms. The predicted octanol–water partition coefficient (Wildman–Crippen LogP) is 2.54. The van der Waals surface area contributed by atoms with E-state index in [9.17, 15) is 24.9 Å². The highest BCUT2D eigenvalue weighted by Crippen LogP contribution is 2.28. The summed E-state index contributed by atoms with van der Waals surface area (Å²) in [5.74, 6) is -0.208. The van der Waals surface area contributed by atoms with Gasteiger partial charge >= 0.3 is 5.97 Å². The summed E-state index contributed by atoms with van der Waals surface area (Å²) in [5, 5.41) is 29.9. The quantitative estimate of drug-likeness (QED) is 0.463. The topological polar surface area (TPSA) is 123 Å². The number of phenolic OH excluding ortho intramolecular Hbond substituents is 2. The average Bonchev–Trinajstić information content (AvgIpc) is 2.73. The highest BCUT2D eigenvalue weighted by molar-refractivity contribution is 5.79. The number of carbonyl (C=O) groups excluding carboxylic acids is 2. The number of aryl methyl sites for hydroxylation is 1. The summed E-state index contributed by atoms with van der Waals surface area (Å²) in [6.07, 6.45) is -1.56. The van der Waals surface area contributed by atoms with Crippen molar-refractivity contribution < 1.29 is 39.1 Å². The molecule has 168 valence electrons. The van der Waals surface area contributed by atoms with Gasteiger partial charge in [0.1, 0.15) is 11.9 Å². The highest BCUT2D eigenvalue weighted by Gasteiger charge is 2.26. The molecule has 2 rings (SSSR count). The van der Waals surface area contributed by atoms with Crippen molar-refractivity contribution in [3.63, 3.8) is 0 Å². The summed E-state index contributed by atoms with van der Waals surface area (Å²) in [5.41, 5.74) is 1.46. The number of rotatable bonds is 11. The summed E-state index contributed by atoms with van der Waals surface area (Å²) < 4.78 is 15.3. The lowest BCUT2D eigenvalue weighted by Gasteiger charge is -2.22. The van der Waals surface area contributed by atoms with E-state index in [0.29, 0.717) is 17.7 Å². The van der Waals surface area contributed by atoms with Gasteiger partial charge in [-0.05, 0) is 41.8 Å². The third-order valence-corrected chi connectivity index (χ3v) is 4.80. The second kappa shape index (κ2) is 11.2. The molecule has 0 heterocycles. The number of aromatic hydroxyl groups is 2. The largest absolute Gasteiger partial charge is 0.504 e. The number of ether oxygens (including phenoxy) is 3. The molecule has 0 unspecified atom stereocenters. The number of aliphatic hydroxyl groups is 1. The molecule has 0 saturated heterocycles. The Kier molecular flexibility index (Phi) is 8.69. The van der Waals surface area contributed by atoms with Crippen LogP contribution in [-0.4, -0.2) is 53.5 Å². The minimum atomic E-state index is -1.11. The SMILES string of the molecule is COc1cc(CCC(=O)C[C@H](OC(C)=O)[C@H](O)Cc2ccc(O)c(OC)c2)ccc1O. The van der Waals surface area contributed by atoms with Crippen LogP contribution in [0.25, 0.3) is 0 Å². The number of methoxy groups -OCH3 is 2. The smallest absolute Gasteiger partial charge is 0.303 e. The molecule has 8 nitrogen and oxygen atoms in total. The zero-order valence-corrected chi connectivity index (χ0v) is 17.8. The number of aliphatic hydroxyl groups excluding tert-OH is 1. The van der Waals surface area contributed by atoms with E-state index >= 15 is 0 Å². The molecule has 2 aromatic carbocycles. The molecule has 0 amide bonds. The first-order valence-electron chi connectivity index (χ1n) is 9.82. The monoisotopic (exact) mass is 432 g/mol. The number of Topliss-reactive ketones (excluding diaryl/α,β-unsaturated/α-hetero) is 1. The van der Waals surface area contributed by atoms with Crippen molar-refractivity contribution in [2.24, 2.45) is 0 Å². The van der Waals surface area contributed by atoms with E-state index in [-0.39, 0.29) is 42.3 Å². The maximum Gasteiger partial charge on any atom is 0.303 e. The van der Waals surface area contributed by atoms with Crippen LogP contribution in [0.4, 0.5) is 0 Å². The Balaban J connectivity index is 2.01. The van der Waals surface area contributed by atoms with Crippen LogP contribution in [-0.2, 0) is 27.2 Å². The first-order chi connectivity index (χ1) is 14.7. The van der Waals surface area contributed by atoms with Gasteiger partial charge in [0.15, 0.2) is 23.0 Å². The van der Waals surface area contributed by atoms with Crippen molar-refractivity contribution in [1.29, 1.82) is 0 Å². The predicted molar refractivity (Wildman–Crippen MR) is 113 cm³/mol. The van der Waals surface area contributed by atoms with Gasteiger partial charge in [0, 0.05) is 26.2 Å². The van der Waals surface area contributed by atoms with Crippen LogP contribution in [0.3, 0.4) is 0 Å². The van der Waals surface area contributed by atoms with Gasteiger partial charge in [-0.1, -0.05) is 12.1 Å². The van der Waals surface area contributed by atoms with Crippen LogP contribution >= 0.6 is 0 Å². The molecular weight excluding hydrogens is 404 g/mol. The third kappa shape index (κ3) is 7.18. The lowest BCUT2D eigenvalue weighted by atomic mass is 9.97. The Morgan fingerprint density at radius 3 is 2.03 bits per heavy atom. The van der Waals surface area contributed by atoms with E-state index in [2.05, 4.69) is 0 Å². The first kappa shape index (κ1) is 24.0. The molecule has 8 heteroatoms. The second-order valence-electron chi connectivity index (χ2n) is 7.17. The fourth-order valence-electron chi connectivity index (χ4n) is 3.18. The van der Waals surface area contributed by atoms with Gasteiger partial charge in [0.2, 0.25) is 0 Å². The molecule has 2 aromatic rings. The number of carbonyl (C=O) groups is 2. The standard InChI is InChI=1S/C23H28O8/c1-14(24)31-23(20(28)10-16-6-9-19(27)22(12-16)30-3)13-17(25)7-4-15-5-8-18(26)21(11-15)29-2/h5-6,8-9,11-12,20,23,26-28H,4,7,10,13H2,1-3H3/t20-,23+/m1/s1. The summed E-state index contributed by atoms with van der Waals surface area (Å²) >= 11 is 0. The molecule has 0 fully saturated rings. The van der Waals surface area contributed by atoms with E-state index in [1.165, 1.54) is 33.3 Å². The fraction of sp³-hybridized carbons (Fsp3) is 0.391. The Bertz CT molecular complexity index is 908. The lowest BCUT2D eigenvalue weighted by molar-refractivity contribution is -0.154. The highest BCUT2D eigenvalue weighted by atomic mass is 16.6. The van der Waals surface area contributed by atoms with E-state index in [4.69, 9.17) is 14.2 Å². The molecule has 0 aliphatic heterocycles. The fourth-order valence-corrected chi connectivity index (χ4v) is 3.18. The summed E-state index contributed by atoms with van der Waals surface area (Å²) in [6.45, 7) is 1.22. The van der Waals surface area contributed by atoms with E-state index in [1.54, 1.807) is 24.3 Å². The molecule has 0 radical (unpaired) electrons. The average molecular weight is 432 g/mol. The van der Waals surface area contributed by atoms with Gasteiger partial charge in [-0.25, -0.2) is 0 Å². The van der Waals surface area contributed by atoms with E-state index < -0.39 is 18.2 Å². The molecule has 0 aliphatic rings. The van der Waals surface area contributed by atoms with E-state index in [0.717, 1.165) is 5.56 Å². The van der Waals surface area contributed by atoms with Crippen molar-refractivity contribution in [1.82, 2.24) is 0 Å². The Labute approximate surface area is 181 Å². The number of benzene rings is 2. The Hall–Kier alpha value is -3.26. The number of hydrogen-bond acceptors (Lipinski definition) is 8.